The van der Waals surface area contributed by atoms with E-state index in [9.17, 15) is 9.59 Å². The number of carbonyl (C=O) groups excluding carboxylic acids is 2. The highest BCUT2D eigenvalue weighted by Gasteiger charge is 2.49. The smallest absolute Gasteiger partial charge is 0.321 e. The number of hydrogen-bond donors (Lipinski definition) is 1. The maximum absolute atomic E-state index is 13.4. The topological polar surface area (TPSA) is 71.1 Å². The number of benzene rings is 2. The molecule has 188 valence electrons. The van der Waals surface area contributed by atoms with E-state index in [0.29, 0.717) is 31.7 Å². The number of rotatable bonds is 6. The molecule has 0 spiro atoms. The Bertz CT molecular complexity index is 1010. The van der Waals surface area contributed by atoms with Crippen LogP contribution in [0.25, 0.3) is 0 Å². The van der Waals surface area contributed by atoms with Crippen LogP contribution >= 0.6 is 15.9 Å². The lowest BCUT2D eigenvalue weighted by Gasteiger charge is -2.58. The fourth-order valence-corrected chi connectivity index (χ4v) is 5.69. The molecule has 2 saturated heterocycles. The van der Waals surface area contributed by atoms with Crippen LogP contribution in [0.1, 0.15) is 38.2 Å². The molecule has 35 heavy (non-hydrogen) atoms. The van der Waals surface area contributed by atoms with Gasteiger partial charge in [-0.25, -0.2) is 4.79 Å². The Labute approximate surface area is 215 Å². The van der Waals surface area contributed by atoms with Gasteiger partial charge in [-0.05, 0) is 61.3 Å². The van der Waals surface area contributed by atoms with E-state index in [1.54, 1.807) is 7.11 Å². The third-order valence-electron chi connectivity index (χ3n) is 7.19. The van der Waals surface area contributed by atoms with E-state index in [1.165, 1.54) is 12.5 Å². The summed E-state index contributed by atoms with van der Waals surface area (Å²) in [6.45, 7) is 6.09. The molecule has 4 rings (SSSR count). The molecule has 2 aliphatic rings. The van der Waals surface area contributed by atoms with Crippen LogP contribution in [-0.4, -0.2) is 67.2 Å². The SMILES string of the molecule is CC[C@@H]1[C@H](c2ccc(Br)cc2)[C@@H]2CN(C(=O)Nc3ccc(OC)cc3)CC(COC(C)=O)CCN12. The van der Waals surface area contributed by atoms with Crippen molar-refractivity contribution < 1.29 is 19.1 Å². The first-order chi connectivity index (χ1) is 16.9. The van der Waals surface area contributed by atoms with Gasteiger partial charge >= 0.3 is 12.0 Å². The molecule has 1 N–H and O–H groups in total. The Kier molecular flexibility index (Phi) is 8.34. The van der Waals surface area contributed by atoms with Gasteiger partial charge < -0.3 is 19.7 Å². The molecule has 0 bridgehead atoms. The molecule has 4 atom stereocenters. The Morgan fingerprint density at radius 2 is 1.80 bits per heavy atom. The minimum Gasteiger partial charge on any atom is -0.497 e. The second-order valence-electron chi connectivity index (χ2n) is 9.38. The van der Waals surface area contributed by atoms with Crippen molar-refractivity contribution in [2.24, 2.45) is 5.92 Å². The summed E-state index contributed by atoms with van der Waals surface area (Å²) in [7, 11) is 1.62. The van der Waals surface area contributed by atoms with E-state index in [0.717, 1.165) is 35.3 Å². The molecule has 2 heterocycles. The van der Waals surface area contributed by atoms with Crippen molar-refractivity contribution in [1.82, 2.24) is 9.80 Å². The maximum Gasteiger partial charge on any atom is 0.321 e. The highest BCUT2D eigenvalue weighted by Crippen LogP contribution is 2.44. The van der Waals surface area contributed by atoms with E-state index < -0.39 is 0 Å². The molecule has 7 nitrogen and oxygen atoms in total. The van der Waals surface area contributed by atoms with Crippen molar-refractivity contribution in [3.05, 3.63) is 58.6 Å². The largest absolute Gasteiger partial charge is 0.497 e. The molecule has 2 aromatic carbocycles. The van der Waals surface area contributed by atoms with Crippen LogP contribution in [0.3, 0.4) is 0 Å². The standard InChI is InChI=1S/C27H34BrN3O4/c1-4-24-26(20-5-7-21(28)8-6-20)25-16-30(15-19(13-14-31(24)25)17-35-18(2)32)27(33)29-22-9-11-23(34-3)12-10-22/h5-12,19,24-26H,4,13-17H2,1-3H3,(H,29,33)/t19?,24-,25+,26+/m1/s1. The Balaban J connectivity index is 1.55. The first kappa shape index (κ1) is 25.5. The number of carbonyl (C=O) groups is 2. The summed E-state index contributed by atoms with van der Waals surface area (Å²) < 4.78 is 11.6. The quantitative estimate of drug-likeness (QED) is 0.512. The van der Waals surface area contributed by atoms with E-state index in [4.69, 9.17) is 9.47 Å². The van der Waals surface area contributed by atoms with Gasteiger partial charge in [-0.1, -0.05) is 35.0 Å². The number of ether oxygens (including phenoxy) is 2. The van der Waals surface area contributed by atoms with E-state index in [-0.39, 0.29) is 24.0 Å². The average Bonchev–Trinajstić information content (AvgIpc) is 2.83. The number of nitrogens with zero attached hydrogens (tertiary/aromatic N) is 2. The zero-order valence-corrected chi connectivity index (χ0v) is 22.2. The molecule has 0 aliphatic carbocycles. The van der Waals surface area contributed by atoms with Crippen molar-refractivity contribution in [2.45, 2.75) is 44.7 Å². The van der Waals surface area contributed by atoms with Crippen molar-refractivity contribution in [2.75, 3.05) is 38.7 Å². The number of amides is 2. The Hall–Kier alpha value is -2.58. The number of urea groups is 1. The molecule has 2 aliphatic heterocycles. The molecule has 1 unspecified atom stereocenters. The first-order valence-corrected chi connectivity index (χ1v) is 13.0. The third-order valence-corrected chi connectivity index (χ3v) is 7.72. The number of fused-ring (bicyclic) bond motifs is 1. The van der Waals surface area contributed by atoms with Crippen molar-refractivity contribution >= 4 is 33.6 Å². The first-order valence-electron chi connectivity index (χ1n) is 12.2. The second kappa shape index (κ2) is 11.4. The molecular formula is C27H34BrN3O4. The van der Waals surface area contributed by atoms with Crippen LogP contribution in [0.5, 0.6) is 5.75 Å². The average molecular weight is 544 g/mol. The van der Waals surface area contributed by atoms with Gasteiger partial charge in [-0.2, -0.15) is 0 Å². The fraction of sp³-hybridized carbons (Fsp3) is 0.481. The number of esters is 1. The van der Waals surface area contributed by atoms with Crippen LogP contribution in [-0.2, 0) is 9.53 Å². The predicted octanol–water partition coefficient (Wildman–Crippen LogP) is 5.12. The Morgan fingerprint density at radius 3 is 2.43 bits per heavy atom. The summed E-state index contributed by atoms with van der Waals surface area (Å²) in [6.07, 6.45) is 1.92. The summed E-state index contributed by atoms with van der Waals surface area (Å²) in [5, 5.41) is 3.04. The monoisotopic (exact) mass is 543 g/mol. The molecule has 2 fully saturated rings. The predicted molar refractivity (Wildman–Crippen MR) is 140 cm³/mol. The minimum absolute atomic E-state index is 0.0886. The van der Waals surface area contributed by atoms with Crippen LogP contribution in [0.2, 0.25) is 0 Å². The van der Waals surface area contributed by atoms with E-state index in [2.05, 4.69) is 57.3 Å². The van der Waals surface area contributed by atoms with Crippen LogP contribution in [0, 0.1) is 5.92 Å². The van der Waals surface area contributed by atoms with Gasteiger partial charge in [0, 0.05) is 54.1 Å². The normalized spacial score (nSPS) is 24.4. The number of methoxy groups -OCH3 is 1. The van der Waals surface area contributed by atoms with Crippen molar-refractivity contribution in [1.29, 1.82) is 0 Å². The summed E-state index contributed by atoms with van der Waals surface area (Å²) in [4.78, 5) is 29.3. The number of anilines is 1. The van der Waals surface area contributed by atoms with Gasteiger partial charge in [0.2, 0.25) is 0 Å². The second-order valence-corrected chi connectivity index (χ2v) is 10.3. The maximum atomic E-state index is 13.4. The van der Waals surface area contributed by atoms with E-state index >= 15 is 0 Å². The highest BCUT2D eigenvalue weighted by molar-refractivity contribution is 9.10. The van der Waals surface area contributed by atoms with Gasteiger partial charge in [0.1, 0.15) is 5.75 Å². The summed E-state index contributed by atoms with van der Waals surface area (Å²) in [6, 6.07) is 16.4. The van der Waals surface area contributed by atoms with Crippen molar-refractivity contribution in [3.63, 3.8) is 0 Å². The molecule has 2 amide bonds. The van der Waals surface area contributed by atoms with Gasteiger partial charge in [-0.15, -0.1) is 0 Å². The highest BCUT2D eigenvalue weighted by atomic mass is 79.9. The summed E-state index contributed by atoms with van der Waals surface area (Å²) >= 11 is 3.54. The molecule has 8 heteroatoms. The van der Waals surface area contributed by atoms with Crippen LogP contribution < -0.4 is 10.1 Å². The fourth-order valence-electron chi connectivity index (χ4n) is 5.43. The Morgan fingerprint density at radius 1 is 1.09 bits per heavy atom. The zero-order valence-electron chi connectivity index (χ0n) is 20.6. The van der Waals surface area contributed by atoms with Gasteiger partial charge in [0.25, 0.3) is 0 Å². The summed E-state index contributed by atoms with van der Waals surface area (Å²) in [5.74, 6) is 0.911. The number of nitrogens with one attached hydrogen (secondary N) is 1. The van der Waals surface area contributed by atoms with Gasteiger partial charge in [0.05, 0.1) is 13.7 Å². The zero-order chi connectivity index (χ0) is 24.9. The molecule has 2 aromatic rings. The molecular weight excluding hydrogens is 510 g/mol. The molecule has 0 radical (unpaired) electrons. The van der Waals surface area contributed by atoms with E-state index in [1.807, 2.05) is 29.2 Å². The van der Waals surface area contributed by atoms with Gasteiger partial charge in [0.15, 0.2) is 0 Å². The molecule has 0 saturated carbocycles. The number of hydrogen-bond acceptors (Lipinski definition) is 5. The lowest BCUT2D eigenvalue weighted by Crippen LogP contribution is -2.67. The lowest BCUT2D eigenvalue weighted by molar-refractivity contribution is -0.143. The van der Waals surface area contributed by atoms with Crippen molar-refractivity contribution in [3.8, 4) is 5.75 Å². The third kappa shape index (κ3) is 5.98. The lowest BCUT2D eigenvalue weighted by atomic mass is 9.72. The van der Waals surface area contributed by atoms with Gasteiger partial charge in [-0.3, -0.25) is 9.69 Å². The summed E-state index contributed by atoms with van der Waals surface area (Å²) in [5.41, 5.74) is 2.03. The van der Waals surface area contributed by atoms with Crippen LogP contribution in [0.15, 0.2) is 53.0 Å². The molecule has 0 aromatic heterocycles. The minimum atomic E-state index is -0.287. The van der Waals surface area contributed by atoms with Crippen LogP contribution in [0.4, 0.5) is 10.5 Å². The number of halogens is 1.